The number of benzene rings is 9. The minimum atomic E-state index is 1.31. The minimum absolute atomic E-state index is 1.31. The standard InChI is InChI=1S/C34H18/c1-3-9-21-19(7-1)13-15-25-26-17-18-28-29-23-11-5-6-12-24(23)32(34(28)33(26)30(21)25)31-22-10-4-2-8-20(22)14-16-27(29)31/h1-18H. The molecular weight excluding hydrogens is 408 g/mol. The van der Waals surface area contributed by atoms with Gasteiger partial charge in [0.15, 0.2) is 0 Å². The quantitative estimate of drug-likeness (QED) is 0.167. The molecule has 154 valence electrons. The van der Waals surface area contributed by atoms with Crippen molar-refractivity contribution in [1.82, 2.24) is 0 Å². The average Bonchev–Trinajstić information content (AvgIpc) is 2.89. The molecule has 1 aliphatic carbocycles. The Kier molecular flexibility index (Phi) is 2.88. The van der Waals surface area contributed by atoms with Crippen LogP contribution in [0.3, 0.4) is 0 Å². The zero-order valence-electron chi connectivity index (χ0n) is 18.4. The average molecular weight is 427 g/mol. The molecular formula is C34H18. The van der Waals surface area contributed by atoms with Gasteiger partial charge in [-0.1, -0.05) is 109 Å². The summed E-state index contributed by atoms with van der Waals surface area (Å²) in [6, 6.07) is 40.6. The number of hydrogen-bond acceptors (Lipinski definition) is 0. The third-order valence-corrected chi connectivity index (χ3v) is 8.11. The lowest BCUT2D eigenvalue weighted by atomic mass is 9.72. The molecule has 10 rings (SSSR count). The van der Waals surface area contributed by atoms with Crippen LogP contribution in [0.15, 0.2) is 109 Å². The Balaban J connectivity index is 1.62. The van der Waals surface area contributed by atoms with Crippen molar-refractivity contribution in [2.45, 2.75) is 0 Å². The van der Waals surface area contributed by atoms with Gasteiger partial charge in [-0.15, -0.1) is 0 Å². The highest BCUT2D eigenvalue weighted by Gasteiger charge is 2.30. The molecule has 1 aliphatic rings. The highest BCUT2D eigenvalue weighted by atomic mass is 14.3. The van der Waals surface area contributed by atoms with Crippen LogP contribution in [0, 0.1) is 0 Å². The van der Waals surface area contributed by atoms with Crippen molar-refractivity contribution < 1.29 is 0 Å². The van der Waals surface area contributed by atoms with Gasteiger partial charge in [-0.2, -0.15) is 0 Å². The predicted molar refractivity (Wildman–Crippen MR) is 147 cm³/mol. The number of rotatable bonds is 0. The fourth-order valence-corrected chi connectivity index (χ4v) is 6.76. The van der Waals surface area contributed by atoms with Gasteiger partial charge in [-0.25, -0.2) is 0 Å². The maximum Gasteiger partial charge on any atom is -0.000696 e. The molecule has 34 heavy (non-hydrogen) atoms. The van der Waals surface area contributed by atoms with Crippen LogP contribution in [-0.2, 0) is 0 Å². The smallest absolute Gasteiger partial charge is 0.000696 e. The first kappa shape index (κ1) is 17.1. The Labute approximate surface area is 196 Å². The SMILES string of the molecule is c1ccc2c3c(ccc2c1)-c1ccc2c(c1-3)c1c3ccccc3c2c2ccc3ccccc3c21. The second kappa shape index (κ2) is 5.73. The monoisotopic (exact) mass is 426 g/mol. The second-order valence-electron chi connectivity index (χ2n) is 9.62. The summed E-state index contributed by atoms with van der Waals surface area (Å²) in [5.74, 6) is 0. The van der Waals surface area contributed by atoms with E-state index in [0.29, 0.717) is 0 Å². The van der Waals surface area contributed by atoms with Crippen molar-refractivity contribution in [3.8, 4) is 22.3 Å². The molecule has 9 aromatic rings. The van der Waals surface area contributed by atoms with Crippen molar-refractivity contribution in [1.29, 1.82) is 0 Å². The third-order valence-electron chi connectivity index (χ3n) is 8.11. The zero-order chi connectivity index (χ0) is 22.0. The molecule has 0 unspecified atom stereocenters. The van der Waals surface area contributed by atoms with E-state index in [2.05, 4.69) is 109 Å². The molecule has 0 heterocycles. The van der Waals surface area contributed by atoms with Gasteiger partial charge in [0.05, 0.1) is 0 Å². The molecule has 0 atom stereocenters. The first-order valence-corrected chi connectivity index (χ1v) is 12.0. The molecule has 0 nitrogen and oxygen atoms in total. The summed E-state index contributed by atoms with van der Waals surface area (Å²) in [5, 5.41) is 16.5. The Hall–Kier alpha value is -4.42. The molecule has 9 aromatic carbocycles. The highest BCUT2D eigenvalue weighted by molar-refractivity contribution is 6.46. The van der Waals surface area contributed by atoms with Gasteiger partial charge < -0.3 is 0 Å². The summed E-state index contributed by atoms with van der Waals surface area (Å²) >= 11 is 0. The summed E-state index contributed by atoms with van der Waals surface area (Å²) in [6.45, 7) is 0. The maximum atomic E-state index is 2.37. The Morgan fingerprint density at radius 1 is 0.265 bits per heavy atom. The normalized spacial score (nSPS) is 12.7. The maximum absolute atomic E-state index is 2.37. The van der Waals surface area contributed by atoms with Gasteiger partial charge in [0.2, 0.25) is 0 Å². The van der Waals surface area contributed by atoms with E-state index in [1.54, 1.807) is 0 Å². The fraction of sp³-hybridized carbons (Fsp3) is 0. The molecule has 0 radical (unpaired) electrons. The van der Waals surface area contributed by atoms with Gasteiger partial charge in [0.1, 0.15) is 0 Å². The van der Waals surface area contributed by atoms with E-state index in [9.17, 15) is 0 Å². The minimum Gasteiger partial charge on any atom is -0.0616 e. The van der Waals surface area contributed by atoms with Crippen molar-refractivity contribution in [3.05, 3.63) is 109 Å². The Morgan fingerprint density at radius 3 is 1.62 bits per heavy atom. The van der Waals surface area contributed by atoms with Crippen molar-refractivity contribution >= 4 is 64.6 Å². The van der Waals surface area contributed by atoms with Crippen LogP contribution in [0.4, 0.5) is 0 Å². The van der Waals surface area contributed by atoms with Crippen molar-refractivity contribution in [2.24, 2.45) is 0 Å². The van der Waals surface area contributed by atoms with Crippen LogP contribution < -0.4 is 0 Å². The lowest BCUT2D eigenvalue weighted by Gasteiger charge is -2.30. The largest absolute Gasteiger partial charge is 0.0616 e. The fourth-order valence-electron chi connectivity index (χ4n) is 6.76. The first-order chi connectivity index (χ1) is 16.9. The third kappa shape index (κ3) is 1.82. The molecule has 0 heteroatoms. The van der Waals surface area contributed by atoms with E-state index in [1.165, 1.54) is 86.9 Å². The Bertz CT molecular complexity index is 2160. The van der Waals surface area contributed by atoms with Gasteiger partial charge in [-0.05, 0) is 86.9 Å². The molecule has 0 saturated heterocycles. The summed E-state index contributed by atoms with van der Waals surface area (Å²) in [5.41, 5.74) is 5.63. The van der Waals surface area contributed by atoms with Crippen molar-refractivity contribution in [3.63, 3.8) is 0 Å². The molecule has 0 spiro atoms. The van der Waals surface area contributed by atoms with E-state index in [0.717, 1.165) is 0 Å². The summed E-state index contributed by atoms with van der Waals surface area (Å²) < 4.78 is 0. The van der Waals surface area contributed by atoms with Crippen LogP contribution in [0.25, 0.3) is 86.9 Å². The molecule has 2 bridgehead atoms. The van der Waals surface area contributed by atoms with Gasteiger partial charge in [0.25, 0.3) is 0 Å². The molecule has 0 saturated carbocycles. The molecule has 0 fully saturated rings. The molecule has 0 aliphatic heterocycles. The first-order valence-electron chi connectivity index (χ1n) is 12.0. The number of fused-ring (bicyclic) bond motifs is 7. The van der Waals surface area contributed by atoms with Crippen LogP contribution >= 0.6 is 0 Å². The van der Waals surface area contributed by atoms with Crippen LogP contribution in [0.5, 0.6) is 0 Å². The number of hydrogen-bond donors (Lipinski definition) is 0. The van der Waals surface area contributed by atoms with Crippen molar-refractivity contribution in [2.75, 3.05) is 0 Å². The van der Waals surface area contributed by atoms with E-state index in [-0.39, 0.29) is 0 Å². The van der Waals surface area contributed by atoms with Crippen LogP contribution in [-0.4, -0.2) is 0 Å². The molecule has 0 N–H and O–H groups in total. The van der Waals surface area contributed by atoms with Gasteiger partial charge >= 0.3 is 0 Å². The summed E-state index contributed by atoms with van der Waals surface area (Å²) in [6.07, 6.45) is 0. The van der Waals surface area contributed by atoms with Gasteiger partial charge in [-0.3, -0.25) is 0 Å². The van der Waals surface area contributed by atoms with E-state index < -0.39 is 0 Å². The summed E-state index contributed by atoms with van der Waals surface area (Å²) in [7, 11) is 0. The molecule has 0 aromatic heterocycles. The topological polar surface area (TPSA) is 0 Å². The molecule has 0 amide bonds. The predicted octanol–water partition coefficient (Wildman–Crippen LogP) is 9.69. The highest BCUT2D eigenvalue weighted by Crippen LogP contribution is 2.58. The van der Waals surface area contributed by atoms with E-state index >= 15 is 0 Å². The summed E-state index contributed by atoms with van der Waals surface area (Å²) in [4.78, 5) is 0. The zero-order valence-corrected chi connectivity index (χ0v) is 18.4. The van der Waals surface area contributed by atoms with E-state index in [4.69, 9.17) is 0 Å². The lowest BCUT2D eigenvalue weighted by Crippen LogP contribution is -2.02. The second-order valence-corrected chi connectivity index (χ2v) is 9.62. The van der Waals surface area contributed by atoms with Gasteiger partial charge in [0, 0.05) is 0 Å². The van der Waals surface area contributed by atoms with Crippen LogP contribution in [0.1, 0.15) is 0 Å². The van der Waals surface area contributed by atoms with E-state index in [1.807, 2.05) is 0 Å². The Morgan fingerprint density at radius 2 is 0.794 bits per heavy atom. The lowest BCUT2D eigenvalue weighted by molar-refractivity contribution is 1.60. The van der Waals surface area contributed by atoms with Crippen LogP contribution in [0.2, 0.25) is 0 Å².